The molecular formula is C18H18N4O3. The van der Waals surface area contributed by atoms with Crippen LogP contribution in [-0.2, 0) is 6.54 Å². The molecule has 4 heterocycles. The van der Waals surface area contributed by atoms with Crippen LogP contribution in [0.25, 0.3) is 11.5 Å². The van der Waals surface area contributed by atoms with Crippen molar-refractivity contribution in [2.75, 3.05) is 6.54 Å². The first kappa shape index (κ1) is 15.4. The van der Waals surface area contributed by atoms with Crippen molar-refractivity contribution in [3.63, 3.8) is 0 Å². The minimum absolute atomic E-state index is 0.0524. The summed E-state index contributed by atoms with van der Waals surface area (Å²) >= 11 is 0. The normalized spacial score (nSPS) is 17.1. The van der Waals surface area contributed by atoms with E-state index in [-0.39, 0.29) is 17.5 Å². The maximum Gasteiger partial charge on any atom is 0.261 e. The molecular weight excluding hydrogens is 320 g/mol. The van der Waals surface area contributed by atoms with Crippen molar-refractivity contribution in [2.45, 2.75) is 25.4 Å². The molecule has 1 fully saturated rings. The number of rotatable bonds is 4. The molecule has 7 nitrogen and oxygen atoms in total. The van der Waals surface area contributed by atoms with E-state index in [0.29, 0.717) is 24.5 Å². The van der Waals surface area contributed by atoms with Crippen LogP contribution in [0.15, 0.2) is 58.2 Å². The van der Waals surface area contributed by atoms with Gasteiger partial charge in [0.2, 0.25) is 0 Å². The first-order chi connectivity index (χ1) is 12.2. The van der Waals surface area contributed by atoms with Crippen LogP contribution in [0.2, 0.25) is 0 Å². The number of likely N-dealkylation sites (tertiary alicyclic amines) is 1. The second-order valence-corrected chi connectivity index (χ2v) is 6.11. The Bertz CT molecular complexity index is 912. The summed E-state index contributed by atoms with van der Waals surface area (Å²) in [6.07, 6.45) is 6.98. The molecule has 0 unspecified atom stereocenters. The van der Waals surface area contributed by atoms with E-state index >= 15 is 0 Å². The molecule has 4 rings (SSSR count). The van der Waals surface area contributed by atoms with Gasteiger partial charge in [0.1, 0.15) is 11.3 Å². The minimum Gasteiger partial charge on any atom is -0.463 e. The quantitative estimate of drug-likeness (QED) is 0.790. The molecule has 1 N–H and O–H groups in total. The Labute approximate surface area is 143 Å². The van der Waals surface area contributed by atoms with Gasteiger partial charge in [-0.2, -0.15) is 5.10 Å². The number of aromatic nitrogens is 3. The van der Waals surface area contributed by atoms with Gasteiger partial charge in [0.05, 0.1) is 24.5 Å². The Balaban J connectivity index is 1.56. The Morgan fingerprint density at radius 2 is 2.24 bits per heavy atom. The number of H-pyrrole nitrogens is 1. The zero-order valence-corrected chi connectivity index (χ0v) is 13.6. The summed E-state index contributed by atoms with van der Waals surface area (Å²) in [5, 5.41) is 4.20. The fraction of sp³-hybridized carbons (Fsp3) is 0.278. The van der Waals surface area contributed by atoms with Crippen LogP contribution in [0.3, 0.4) is 0 Å². The minimum atomic E-state index is -0.399. The lowest BCUT2D eigenvalue weighted by Crippen LogP contribution is -2.40. The molecule has 3 aromatic rings. The SMILES string of the molecule is O=C(c1ccc(-c2ccco2)[nH]c1=O)N1CCC[C@H]1Cn1cccn1. The van der Waals surface area contributed by atoms with Gasteiger partial charge in [0.25, 0.3) is 11.5 Å². The second-order valence-electron chi connectivity index (χ2n) is 6.11. The summed E-state index contributed by atoms with van der Waals surface area (Å²) in [5.41, 5.74) is 0.312. The number of carbonyl (C=O) groups excluding carboxylic acids is 1. The first-order valence-electron chi connectivity index (χ1n) is 8.28. The monoisotopic (exact) mass is 338 g/mol. The largest absolute Gasteiger partial charge is 0.463 e. The third-order valence-corrected chi connectivity index (χ3v) is 4.52. The third-order valence-electron chi connectivity index (χ3n) is 4.52. The van der Waals surface area contributed by atoms with Gasteiger partial charge in [0, 0.05) is 18.9 Å². The highest BCUT2D eigenvalue weighted by atomic mass is 16.3. The molecule has 25 heavy (non-hydrogen) atoms. The number of carbonyl (C=O) groups is 1. The number of amides is 1. The van der Waals surface area contributed by atoms with Crippen molar-refractivity contribution in [3.05, 3.63) is 64.9 Å². The predicted octanol–water partition coefficient (Wildman–Crippen LogP) is 2.14. The van der Waals surface area contributed by atoms with E-state index in [9.17, 15) is 9.59 Å². The highest BCUT2D eigenvalue weighted by Gasteiger charge is 2.31. The van der Waals surface area contributed by atoms with Crippen LogP contribution < -0.4 is 5.56 Å². The summed E-state index contributed by atoms with van der Waals surface area (Å²) < 4.78 is 7.10. The highest BCUT2D eigenvalue weighted by Crippen LogP contribution is 2.21. The number of furan rings is 1. The Morgan fingerprint density at radius 3 is 2.96 bits per heavy atom. The van der Waals surface area contributed by atoms with Crippen LogP contribution in [0.1, 0.15) is 23.2 Å². The number of pyridine rings is 1. The van der Waals surface area contributed by atoms with Crippen molar-refractivity contribution in [1.29, 1.82) is 0 Å². The van der Waals surface area contributed by atoms with Gasteiger partial charge in [0.15, 0.2) is 0 Å². The summed E-state index contributed by atoms with van der Waals surface area (Å²) in [5.74, 6) is 0.329. The van der Waals surface area contributed by atoms with E-state index < -0.39 is 5.56 Å². The molecule has 1 atom stereocenters. The van der Waals surface area contributed by atoms with Crippen LogP contribution in [0, 0.1) is 0 Å². The van der Waals surface area contributed by atoms with Crippen molar-refractivity contribution < 1.29 is 9.21 Å². The summed E-state index contributed by atoms with van der Waals surface area (Å²) in [6.45, 7) is 1.30. The molecule has 1 aliphatic rings. The second kappa shape index (κ2) is 6.43. The van der Waals surface area contributed by atoms with Crippen molar-refractivity contribution in [2.24, 2.45) is 0 Å². The average Bonchev–Trinajstić information content (AvgIpc) is 3.37. The van der Waals surface area contributed by atoms with Crippen molar-refractivity contribution in [1.82, 2.24) is 19.7 Å². The lowest BCUT2D eigenvalue weighted by Gasteiger charge is -2.24. The van der Waals surface area contributed by atoms with Gasteiger partial charge in [-0.25, -0.2) is 0 Å². The van der Waals surface area contributed by atoms with Gasteiger partial charge in [-0.3, -0.25) is 14.3 Å². The summed E-state index contributed by atoms with van der Waals surface area (Å²) in [6, 6.07) is 8.69. The lowest BCUT2D eigenvalue weighted by molar-refractivity contribution is 0.0720. The first-order valence-corrected chi connectivity index (χ1v) is 8.28. The van der Waals surface area contributed by atoms with Crippen LogP contribution in [0.4, 0.5) is 0 Å². The molecule has 0 radical (unpaired) electrons. The van der Waals surface area contributed by atoms with Crippen molar-refractivity contribution in [3.8, 4) is 11.5 Å². The van der Waals surface area contributed by atoms with Gasteiger partial charge >= 0.3 is 0 Å². The van der Waals surface area contributed by atoms with Crippen molar-refractivity contribution >= 4 is 5.91 Å². The van der Waals surface area contributed by atoms with E-state index in [2.05, 4.69) is 10.1 Å². The van der Waals surface area contributed by atoms with E-state index in [1.165, 1.54) is 6.26 Å². The van der Waals surface area contributed by atoms with E-state index in [1.807, 2.05) is 16.9 Å². The molecule has 0 spiro atoms. The molecule has 1 saturated heterocycles. The molecule has 7 heteroatoms. The van der Waals surface area contributed by atoms with Gasteiger partial charge in [-0.05, 0) is 43.2 Å². The molecule has 1 amide bonds. The van der Waals surface area contributed by atoms with Gasteiger partial charge in [-0.15, -0.1) is 0 Å². The number of hydrogen-bond donors (Lipinski definition) is 1. The smallest absolute Gasteiger partial charge is 0.261 e. The number of nitrogens with zero attached hydrogens (tertiary/aromatic N) is 3. The zero-order valence-electron chi connectivity index (χ0n) is 13.6. The van der Waals surface area contributed by atoms with Crippen LogP contribution in [-0.4, -0.2) is 38.2 Å². The highest BCUT2D eigenvalue weighted by molar-refractivity contribution is 5.94. The van der Waals surface area contributed by atoms with Crippen LogP contribution in [0.5, 0.6) is 0 Å². The van der Waals surface area contributed by atoms with E-state index in [1.54, 1.807) is 35.4 Å². The standard InChI is InChI=1S/C18H18N4O3/c23-17-14(6-7-15(20-17)16-5-2-11-25-16)18(24)22-10-1-4-13(22)12-21-9-3-8-19-21/h2-3,5-9,11,13H,1,4,10,12H2,(H,20,23)/t13-/m0/s1. The van der Waals surface area contributed by atoms with Gasteiger partial charge in [-0.1, -0.05) is 0 Å². The summed E-state index contributed by atoms with van der Waals surface area (Å²) in [4.78, 5) is 29.8. The average molecular weight is 338 g/mol. The molecule has 0 aliphatic carbocycles. The van der Waals surface area contributed by atoms with Crippen LogP contribution >= 0.6 is 0 Å². The molecule has 0 aromatic carbocycles. The Hall–Kier alpha value is -3.09. The molecule has 0 bridgehead atoms. The Kier molecular flexibility index (Phi) is 3.97. The number of hydrogen-bond acceptors (Lipinski definition) is 4. The number of nitrogens with one attached hydrogen (secondary N) is 1. The van der Waals surface area contributed by atoms with Gasteiger partial charge < -0.3 is 14.3 Å². The van der Waals surface area contributed by atoms with E-state index in [4.69, 9.17) is 4.42 Å². The summed E-state index contributed by atoms with van der Waals surface area (Å²) in [7, 11) is 0. The lowest BCUT2D eigenvalue weighted by atomic mass is 10.1. The maximum atomic E-state index is 12.9. The number of aromatic amines is 1. The zero-order chi connectivity index (χ0) is 17.2. The predicted molar refractivity (Wildman–Crippen MR) is 91.1 cm³/mol. The molecule has 3 aromatic heterocycles. The topological polar surface area (TPSA) is 84.1 Å². The molecule has 128 valence electrons. The Morgan fingerprint density at radius 1 is 1.32 bits per heavy atom. The molecule has 0 saturated carbocycles. The molecule has 1 aliphatic heterocycles. The maximum absolute atomic E-state index is 12.9. The van der Waals surface area contributed by atoms with E-state index in [0.717, 1.165) is 12.8 Å². The third kappa shape index (κ3) is 3.00. The fourth-order valence-electron chi connectivity index (χ4n) is 3.29. The fourth-order valence-corrected chi connectivity index (χ4v) is 3.29.